The lowest BCUT2D eigenvalue weighted by Crippen LogP contribution is -2.27. The van der Waals surface area contributed by atoms with Gasteiger partial charge in [0.2, 0.25) is 0 Å². The molecule has 0 saturated carbocycles. The maximum atomic E-state index is 4.60. The summed E-state index contributed by atoms with van der Waals surface area (Å²) in [5, 5.41) is 5.84. The Bertz CT molecular complexity index is 669. The van der Waals surface area contributed by atoms with E-state index >= 15 is 0 Å². The summed E-state index contributed by atoms with van der Waals surface area (Å²) in [5.41, 5.74) is 2.67. The largest absolute Gasteiger partial charge is 0.381 e. The molecule has 0 radical (unpaired) electrons. The number of likely N-dealkylation sites (N-methyl/N-ethyl adjacent to an activating group) is 1. The van der Waals surface area contributed by atoms with Gasteiger partial charge >= 0.3 is 0 Å². The summed E-state index contributed by atoms with van der Waals surface area (Å²) < 4.78 is 2.16. The molecule has 0 fully saturated rings. The molecule has 4 heteroatoms. The Balaban J connectivity index is 1.81. The van der Waals surface area contributed by atoms with Crippen molar-refractivity contribution in [2.45, 2.75) is 32.7 Å². The van der Waals surface area contributed by atoms with Crippen LogP contribution in [0.5, 0.6) is 0 Å². The van der Waals surface area contributed by atoms with Gasteiger partial charge < -0.3 is 9.80 Å². The van der Waals surface area contributed by atoms with Crippen molar-refractivity contribution in [3.05, 3.63) is 42.2 Å². The predicted molar refractivity (Wildman–Crippen MR) is 96.6 cm³/mol. The summed E-state index contributed by atoms with van der Waals surface area (Å²) in [6, 6.07) is 6.82. The minimum absolute atomic E-state index is 0.529. The van der Waals surface area contributed by atoms with Crippen LogP contribution in [0.15, 0.2) is 36.7 Å². The van der Waals surface area contributed by atoms with Gasteiger partial charge in [-0.2, -0.15) is 5.10 Å². The van der Waals surface area contributed by atoms with Crippen molar-refractivity contribution < 1.29 is 0 Å². The van der Waals surface area contributed by atoms with Crippen LogP contribution in [0, 0.1) is 0 Å². The first-order valence-electron chi connectivity index (χ1n) is 8.77. The number of benzene rings is 1. The van der Waals surface area contributed by atoms with Crippen molar-refractivity contribution in [2.75, 3.05) is 33.2 Å². The normalized spacial score (nSPS) is 18.3. The van der Waals surface area contributed by atoms with Crippen LogP contribution in [0.25, 0.3) is 10.9 Å². The second-order valence-electron chi connectivity index (χ2n) is 6.43. The monoisotopic (exact) mass is 312 g/mol. The molecule has 0 aliphatic carbocycles. The summed E-state index contributed by atoms with van der Waals surface area (Å²) in [4.78, 5) is 4.69. The third-order valence-electron chi connectivity index (χ3n) is 4.99. The average Bonchev–Trinajstić information content (AvgIpc) is 2.99. The van der Waals surface area contributed by atoms with E-state index in [0.717, 1.165) is 32.7 Å². The molecule has 4 nitrogen and oxygen atoms in total. The van der Waals surface area contributed by atoms with E-state index in [4.69, 9.17) is 0 Å². The van der Waals surface area contributed by atoms with Gasteiger partial charge in [-0.15, -0.1) is 0 Å². The van der Waals surface area contributed by atoms with Crippen molar-refractivity contribution in [2.24, 2.45) is 0 Å². The molecule has 3 rings (SSSR count). The maximum absolute atomic E-state index is 4.60. The zero-order chi connectivity index (χ0) is 16.2. The summed E-state index contributed by atoms with van der Waals surface area (Å²) in [6.45, 7) is 9.77. The average molecular weight is 312 g/mol. The SMILES string of the molecule is CCN(CC)CCn1ncc2ccc(C3C=CN(C)CC3)cc21. The van der Waals surface area contributed by atoms with Gasteiger partial charge in [0.25, 0.3) is 0 Å². The molecule has 23 heavy (non-hydrogen) atoms. The molecule has 0 amide bonds. The highest BCUT2D eigenvalue weighted by Crippen LogP contribution is 2.27. The Morgan fingerprint density at radius 2 is 2.09 bits per heavy atom. The van der Waals surface area contributed by atoms with Crippen LogP contribution in [0.2, 0.25) is 0 Å². The van der Waals surface area contributed by atoms with Crippen LogP contribution in [0.4, 0.5) is 0 Å². The topological polar surface area (TPSA) is 24.3 Å². The van der Waals surface area contributed by atoms with Gasteiger partial charge in [-0.3, -0.25) is 4.68 Å². The molecule has 0 bridgehead atoms. The van der Waals surface area contributed by atoms with Crippen LogP contribution in [-0.4, -0.2) is 52.8 Å². The van der Waals surface area contributed by atoms with E-state index in [9.17, 15) is 0 Å². The molecule has 2 aromatic rings. The van der Waals surface area contributed by atoms with Crippen molar-refractivity contribution in [3.63, 3.8) is 0 Å². The minimum Gasteiger partial charge on any atom is -0.381 e. The number of allylic oxidation sites excluding steroid dienone is 1. The molecule has 1 aromatic carbocycles. The molecule has 1 aliphatic rings. The smallest absolute Gasteiger partial charge is 0.0685 e. The number of hydrogen-bond acceptors (Lipinski definition) is 3. The van der Waals surface area contributed by atoms with E-state index in [1.54, 1.807) is 0 Å². The van der Waals surface area contributed by atoms with Crippen molar-refractivity contribution in [3.8, 4) is 0 Å². The first kappa shape index (κ1) is 16.1. The van der Waals surface area contributed by atoms with E-state index < -0.39 is 0 Å². The number of hydrogen-bond donors (Lipinski definition) is 0. The first-order valence-corrected chi connectivity index (χ1v) is 8.77. The van der Waals surface area contributed by atoms with E-state index in [2.05, 4.69) is 71.0 Å². The molecule has 2 heterocycles. The highest BCUT2D eigenvalue weighted by atomic mass is 15.3. The Morgan fingerprint density at radius 1 is 1.26 bits per heavy atom. The molecule has 0 saturated heterocycles. The van der Waals surface area contributed by atoms with Gasteiger partial charge in [0.05, 0.1) is 18.3 Å². The van der Waals surface area contributed by atoms with Crippen LogP contribution >= 0.6 is 0 Å². The minimum atomic E-state index is 0.529. The summed E-state index contributed by atoms with van der Waals surface area (Å²) in [6.07, 6.45) is 7.70. The van der Waals surface area contributed by atoms with E-state index in [0.29, 0.717) is 5.92 Å². The van der Waals surface area contributed by atoms with Crippen LogP contribution in [0.3, 0.4) is 0 Å². The Labute approximate surface area is 139 Å². The quantitative estimate of drug-likeness (QED) is 0.818. The van der Waals surface area contributed by atoms with E-state index in [-0.39, 0.29) is 0 Å². The predicted octanol–water partition coefficient (Wildman–Crippen LogP) is 3.31. The van der Waals surface area contributed by atoms with Crippen LogP contribution < -0.4 is 0 Å². The molecule has 1 aliphatic heterocycles. The van der Waals surface area contributed by atoms with Gasteiger partial charge in [0, 0.05) is 31.4 Å². The van der Waals surface area contributed by atoms with Crippen molar-refractivity contribution in [1.82, 2.24) is 19.6 Å². The molecular formula is C19H28N4. The lowest BCUT2D eigenvalue weighted by Gasteiger charge is -2.24. The zero-order valence-corrected chi connectivity index (χ0v) is 14.6. The van der Waals surface area contributed by atoms with Gasteiger partial charge in [-0.1, -0.05) is 32.1 Å². The fourth-order valence-corrected chi connectivity index (χ4v) is 3.31. The Morgan fingerprint density at radius 3 is 2.78 bits per heavy atom. The lowest BCUT2D eigenvalue weighted by molar-refractivity contribution is 0.287. The van der Waals surface area contributed by atoms with Crippen molar-refractivity contribution in [1.29, 1.82) is 0 Å². The Hall–Kier alpha value is -1.81. The number of aromatic nitrogens is 2. The highest BCUT2D eigenvalue weighted by molar-refractivity contribution is 5.79. The first-order chi connectivity index (χ1) is 11.2. The third kappa shape index (κ3) is 3.58. The molecule has 1 atom stereocenters. The summed E-state index contributed by atoms with van der Waals surface area (Å²) in [5.74, 6) is 0.529. The molecule has 0 N–H and O–H groups in total. The number of fused-ring (bicyclic) bond motifs is 1. The molecule has 124 valence electrons. The standard InChI is InChI=1S/C19H28N4/c1-4-22(5-2)12-13-23-19-14-17(6-7-18(19)15-20-23)16-8-10-21(3)11-9-16/h6-8,10,14-16H,4-5,9,11-13H2,1-3H3. The summed E-state index contributed by atoms with van der Waals surface area (Å²) in [7, 11) is 2.14. The van der Waals surface area contributed by atoms with Crippen molar-refractivity contribution >= 4 is 10.9 Å². The van der Waals surface area contributed by atoms with Gasteiger partial charge in [-0.05, 0) is 37.3 Å². The fourth-order valence-electron chi connectivity index (χ4n) is 3.31. The number of nitrogens with zero attached hydrogens (tertiary/aromatic N) is 4. The molecule has 1 aromatic heterocycles. The molecular weight excluding hydrogens is 284 g/mol. The number of rotatable bonds is 6. The second kappa shape index (κ2) is 7.18. The van der Waals surface area contributed by atoms with Gasteiger partial charge in [0.1, 0.15) is 0 Å². The fraction of sp³-hybridized carbons (Fsp3) is 0.526. The van der Waals surface area contributed by atoms with Crippen LogP contribution in [-0.2, 0) is 6.54 Å². The zero-order valence-electron chi connectivity index (χ0n) is 14.6. The van der Waals surface area contributed by atoms with Gasteiger partial charge in [0.15, 0.2) is 0 Å². The lowest BCUT2D eigenvalue weighted by atomic mass is 9.93. The molecule has 1 unspecified atom stereocenters. The van der Waals surface area contributed by atoms with Gasteiger partial charge in [-0.25, -0.2) is 0 Å². The third-order valence-corrected chi connectivity index (χ3v) is 4.99. The van der Waals surface area contributed by atoms with Crippen LogP contribution in [0.1, 0.15) is 31.7 Å². The summed E-state index contributed by atoms with van der Waals surface area (Å²) >= 11 is 0. The maximum Gasteiger partial charge on any atom is 0.0685 e. The second-order valence-corrected chi connectivity index (χ2v) is 6.43. The highest BCUT2D eigenvalue weighted by Gasteiger charge is 2.14. The van der Waals surface area contributed by atoms with E-state index in [1.807, 2.05) is 6.20 Å². The van der Waals surface area contributed by atoms with E-state index in [1.165, 1.54) is 22.9 Å². The Kier molecular flexibility index (Phi) is 5.01. The molecule has 0 spiro atoms.